The zero-order valence-corrected chi connectivity index (χ0v) is 18.1. The third-order valence-electron chi connectivity index (χ3n) is 6.29. The number of rotatable bonds is 5. The van der Waals surface area contributed by atoms with Gasteiger partial charge in [-0.25, -0.2) is 18.7 Å². The van der Waals surface area contributed by atoms with Crippen LogP contribution in [0.3, 0.4) is 0 Å². The predicted molar refractivity (Wildman–Crippen MR) is 110 cm³/mol. The molecule has 0 unspecified atom stereocenters. The number of halogens is 2. The number of ether oxygens (including phenoxy) is 1. The van der Waals surface area contributed by atoms with Gasteiger partial charge < -0.3 is 14.5 Å². The fourth-order valence-electron chi connectivity index (χ4n) is 4.83. The van der Waals surface area contributed by atoms with Crippen LogP contribution in [0.1, 0.15) is 42.2 Å². The molecule has 4 heterocycles. The quantitative estimate of drug-likeness (QED) is 0.647. The second-order valence-corrected chi connectivity index (χ2v) is 8.26. The molecule has 4 rings (SSSR count). The number of likely N-dealkylation sites (tertiary alicyclic amines) is 1. The van der Waals surface area contributed by atoms with Gasteiger partial charge in [0.2, 0.25) is 5.95 Å². The Morgan fingerprint density at radius 2 is 2.03 bits per heavy atom. The second kappa shape index (κ2) is 8.79. The minimum Gasteiger partial charge on any atom is -0.466 e. The number of esters is 1. The van der Waals surface area contributed by atoms with Crippen LogP contribution in [0.5, 0.6) is 0 Å². The lowest BCUT2D eigenvalue weighted by molar-refractivity contribution is -0.157. The molecule has 0 aromatic carbocycles. The number of carbonyl (C=O) groups is 2. The van der Waals surface area contributed by atoms with Gasteiger partial charge in [0.1, 0.15) is 5.69 Å². The third-order valence-corrected chi connectivity index (χ3v) is 6.29. The molecule has 32 heavy (non-hydrogen) atoms. The Kier molecular flexibility index (Phi) is 6.07. The van der Waals surface area contributed by atoms with Crippen LogP contribution in [-0.2, 0) is 16.6 Å². The molecule has 1 amide bonds. The molecule has 9 nitrogen and oxygen atoms in total. The molecule has 2 aliphatic heterocycles. The van der Waals surface area contributed by atoms with Crippen molar-refractivity contribution in [1.29, 1.82) is 0 Å². The first-order valence-corrected chi connectivity index (χ1v) is 10.7. The van der Waals surface area contributed by atoms with Crippen molar-refractivity contribution < 1.29 is 23.1 Å². The average molecular weight is 448 g/mol. The van der Waals surface area contributed by atoms with Gasteiger partial charge in [-0.3, -0.25) is 14.3 Å². The Morgan fingerprint density at radius 3 is 2.72 bits per heavy atom. The maximum atomic E-state index is 13.4. The first-order valence-electron chi connectivity index (χ1n) is 10.7. The normalized spacial score (nSPS) is 23.2. The van der Waals surface area contributed by atoms with Crippen molar-refractivity contribution in [3.8, 4) is 0 Å². The zero-order valence-electron chi connectivity index (χ0n) is 18.1. The van der Waals surface area contributed by atoms with Gasteiger partial charge in [0.25, 0.3) is 12.3 Å². The third kappa shape index (κ3) is 3.91. The number of aryl methyl sites for hydroxylation is 1. The fourth-order valence-corrected chi connectivity index (χ4v) is 4.83. The standard InChI is InChI=1S/C21H26F2N6O3/c1-3-32-19(31)21-6-4-9-28(18(30)15-12-27(2)26-16(15)17(22)23)10-14(21)11-29(13-21)20-24-7-5-8-25-20/h5,7-8,12,14,17H,3-4,6,9-11,13H2,1-2H3/t14-,21-/m0/s1. The van der Waals surface area contributed by atoms with Crippen molar-refractivity contribution in [3.05, 3.63) is 35.9 Å². The van der Waals surface area contributed by atoms with Crippen LogP contribution in [0.25, 0.3) is 0 Å². The van der Waals surface area contributed by atoms with Gasteiger partial charge in [0.15, 0.2) is 0 Å². The van der Waals surface area contributed by atoms with Crippen LogP contribution >= 0.6 is 0 Å². The van der Waals surface area contributed by atoms with Gasteiger partial charge in [-0.1, -0.05) is 0 Å². The molecule has 2 atom stereocenters. The highest BCUT2D eigenvalue weighted by molar-refractivity contribution is 5.95. The summed E-state index contributed by atoms with van der Waals surface area (Å²) in [6.45, 7) is 3.48. The van der Waals surface area contributed by atoms with Crippen LogP contribution < -0.4 is 4.90 Å². The Morgan fingerprint density at radius 1 is 1.28 bits per heavy atom. The molecule has 0 aliphatic carbocycles. The summed E-state index contributed by atoms with van der Waals surface area (Å²) < 4.78 is 33.5. The topological polar surface area (TPSA) is 93.5 Å². The smallest absolute Gasteiger partial charge is 0.314 e. The number of alkyl halides is 2. The summed E-state index contributed by atoms with van der Waals surface area (Å²) in [5.41, 5.74) is -1.44. The zero-order chi connectivity index (χ0) is 22.9. The van der Waals surface area contributed by atoms with Gasteiger partial charge in [-0.05, 0) is 25.8 Å². The summed E-state index contributed by atoms with van der Waals surface area (Å²) >= 11 is 0. The summed E-state index contributed by atoms with van der Waals surface area (Å²) in [4.78, 5) is 38.4. The fraction of sp³-hybridized carbons (Fsp3) is 0.571. The lowest BCUT2D eigenvalue weighted by Crippen LogP contribution is -2.43. The van der Waals surface area contributed by atoms with Crippen molar-refractivity contribution in [3.63, 3.8) is 0 Å². The second-order valence-electron chi connectivity index (χ2n) is 8.26. The average Bonchev–Trinajstić information content (AvgIpc) is 3.30. The summed E-state index contributed by atoms with van der Waals surface area (Å²) in [6, 6.07) is 1.72. The van der Waals surface area contributed by atoms with Gasteiger partial charge in [0.05, 0.1) is 17.6 Å². The first-order chi connectivity index (χ1) is 15.4. The lowest BCUT2D eigenvalue weighted by Gasteiger charge is -2.31. The number of fused-ring (bicyclic) bond motifs is 1. The molecule has 0 radical (unpaired) electrons. The first kappa shape index (κ1) is 22.1. The number of aromatic nitrogens is 4. The molecule has 2 aromatic heterocycles. The number of amides is 1. The van der Waals surface area contributed by atoms with E-state index in [1.165, 1.54) is 17.9 Å². The number of anilines is 1. The molecular formula is C21H26F2N6O3. The molecule has 2 saturated heterocycles. The minimum atomic E-state index is -2.85. The van der Waals surface area contributed by atoms with Crippen molar-refractivity contribution in [1.82, 2.24) is 24.6 Å². The molecule has 172 valence electrons. The van der Waals surface area contributed by atoms with Crippen LogP contribution in [0, 0.1) is 11.3 Å². The van der Waals surface area contributed by atoms with E-state index < -0.39 is 23.4 Å². The molecule has 0 spiro atoms. The summed E-state index contributed by atoms with van der Waals surface area (Å²) in [5, 5.41) is 3.75. The van der Waals surface area contributed by atoms with E-state index in [1.54, 1.807) is 30.3 Å². The number of nitrogens with zero attached hydrogens (tertiary/aromatic N) is 6. The molecule has 0 bridgehead atoms. The van der Waals surface area contributed by atoms with E-state index in [1.807, 2.05) is 4.90 Å². The molecule has 0 saturated carbocycles. The van der Waals surface area contributed by atoms with Crippen LogP contribution in [-0.4, -0.2) is 69.3 Å². The Bertz CT molecular complexity index is 985. The Balaban J connectivity index is 1.64. The van der Waals surface area contributed by atoms with E-state index in [0.717, 1.165) is 0 Å². The van der Waals surface area contributed by atoms with E-state index in [2.05, 4.69) is 15.1 Å². The molecule has 2 fully saturated rings. The maximum Gasteiger partial charge on any atom is 0.314 e. The summed E-state index contributed by atoms with van der Waals surface area (Å²) in [6.07, 6.45) is 2.83. The predicted octanol–water partition coefficient (Wildman–Crippen LogP) is 2.07. The van der Waals surface area contributed by atoms with Gasteiger partial charge >= 0.3 is 5.97 Å². The van der Waals surface area contributed by atoms with E-state index >= 15 is 0 Å². The van der Waals surface area contributed by atoms with E-state index in [0.29, 0.717) is 38.4 Å². The Labute approximate surface area is 184 Å². The van der Waals surface area contributed by atoms with Gasteiger partial charge in [0, 0.05) is 57.7 Å². The number of carbonyl (C=O) groups excluding carboxylic acids is 2. The molecule has 0 N–H and O–H groups in total. The summed E-state index contributed by atoms with van der Waals surface area (Å²) in [7, 11) is 1.51. The highest BCUT2D eigenvalue weighted by Crippen LogP contribution is 2.44. The molecule has 2 aromatic rings. The number of hydrogen-bond donors (Lipinski definition) is 0. The minimum absolute atomic E-state index is 0.104. The molecule has 11 heteroatoms. The van der Waals surface area contributed by atoms with Crippen molar-refractivity contribution in [2.24, 2.45) is 18.4 Å². The maximum absolute atomic E-state index is 13.4. The van der Waals surface area contributed by atoms with Gasteiger partial charge in [-0.2, -0.15) is 5.10 Å². The van der Waals surface area contributed by atoms with Crippen LogP contribution in [0.2, 0.25) is 0 Å². The van der Waals surface area contributed by atoms with Crippen molar-refractivity contribution in [2.75, 3.05) is 37.7 Å². The van der Waals surface area contributed by atoms with E-state index in [4.69, 9.17) is 4.74 Å². The molecule has 2 aliphatic rings. The van der Waals surface area contributed by atoms with Gasteiger partial charge in [-0.15, -0.1) is 0 Å². The van der Waals surface area contributed by atoms with E-state index in [9.17, 15) is 18.4 Å². The van der Waals surface area contributed by atoms with Crippen LogP contribution in [0.4, 0.5) is 14.7 Å². The van der Waals surface area contributed by atoms with E-state index in [-0.39, 0.29) is 30.6 Å². The molecular weight excluding hydrogens is 422 g/mol. The Hall–Kier alpha value is -3.11. The number of hydrogen-bond acceptors (Lipinski definition) is 7. The SMILES string of the molecule is CCOC(=O)[C@]12CCCN(C(=O)c3cn(C)nc3C(F)F)C[C@H]1CN(c1ncccn1)C2. The van der Waals surface area contributed by atoms with Crippen molar-refractivity contribution >= 4 is 17.8 Å². The van der Waals surface area contributed by atoms with Crippen LogP contribution in [0.15, 0.2) is 24.7 Å². The largest absolute Gasteiger partial charge is 0.466 e. The monoisotopic (exact) mass is 448 g/mol. The summed E-state index contributed by atoms with van der Waals surface area (Å²) in [5.74, 6) is -0.535. The highest BCUT2D eigenvalue weighted by atomic mass is 19.3. The highest BCUT2D eigenvalue weighted by Gasteiger charge is 2.55. The van der Waals surface area contributed by atoms with Crippen molar-refractivity contribution in [2.45, 2.75) is 26.2 Å². The lowest BCUT2D eigenvalue weighted by atomic mass is 9.75.